The number of hydrogen-bond donors (Lipinski definition) is 0. The lowest BCUT2D eigenvalue weighted by molar-refractivity contribution is 0.0767. The Morgan fingerprint density at radius 1 is 0.980 bits per heavy atom. The molecule has 1 aromatic heterocycles. The van der Waals surface area contributed by atoms with Crippen molar-refractivity contribution in [3.8, 4) is 24.4 Å². The molecule has 0 N–H and O–H groups in total. The Balaban J connectivity index is 1.15. The van der Waals surface area contributed by atoms with Gasteiger partial charge in [0, 0.05) is 61.8 Å². The van der Waals surface area contributed by atoms with Gasteiger partial charge in [-0.15, -0.1) is 12.3 Å². The summed E-state index contributed by atoms with van der Waals surface area (Å²) in [6.07, 6.45) is 9.01. The third-order valence-electron chi connectivity index (χ3n) is 10.5. The number of nitriles is 1. The number of terminal acetylenes is 1. The molecule has 3 aliphatic rings. The summed E-state index contributed by atoms with van der Waals surface area (Å²) in [5.41, 5.74) is 5.42. The van der Waals surface area contributed by atoms with Gasteiger partial charge in [0.25, 0.3) is 0 Å². The minimum Gasteiger partial charge on any atom is -0.462 e. The summed E-state index contributed by atoms with van der Waals surface area (Å²) >= 11 is 0. The van der Waals surface area contributed by atoms with E-state index < -0.39 is 6.09 Å². The molecule has 0 saturated carbocycles. The average Bonchev–Trinajstić information content (AvgIpc) is 3.62. The molecule has 7 rings (SSSR count). The van der Waals surface area contributed by atoms with Crippen molar-refractivity contribution in [1.29, 1.82) is 5.26 Å². The molecule has 3 aliphatic heterocycles. The van der Waals surface area contributed by atoms with Crippen molar-refractivity contribution in [3.05, 3.63) is 89.1 Å². The third-order valence-corrected chi connectivity index (χ3v) is 10.5. The molecule has 1 amide bonds. The van der Waals surface area contributed by atoms with E-state index in [2.05, 4.69) is 70.0 Å². The normalized spacial score (nSPS) is 19.0. The van der Waals surface area contributed by atoms with Gasteiger partial charge in [0.1, 0.15) is 19.0 Å². The number of aromatic nitrogens is 2. The Morgan fingerprint density at radius 2 is 1.82 bits per heavy atom. The zero-order valence-electron chi connectivity index (χ0n) is 29.3. The number of amides is 1. The van der Waals surface area contributed by atoms with Gasteiger partial charge in [0.2, 0.25) is 0 Å². The standard InChI is InChI=1S/C41H45N7O3/c1-3-4-21-45-22-10-16-34(45)29-50-40-43-36-27-46(37-17-9-15-32-14-8-11-30(2)38(32)37)23-19-35(36)39(44-40)47-24-25-48(33(26-47)18-20-42)41(49)51-28-31-12-6-5-7-13-31/h1,5-9,11-15,17,33-34H,4,10,16,18-19,21-29H2,2H3/t33-,34-/m0/s1. The van der Waals surface area contributed by atoms with Crippen LogP contribution in [0.3, 0.4) is 0 Å². The molecule has 0 aliphatic carbocycles. The van der Waals surface area contributed by atoms with Crippen molar-refractivity contribution in [3.63, 3.8) is 0 Å². The van der Waals surface area contributed by atoms with Crippen molar-refractivity contribution in [2.24, 2.45) is 0 Å². The monoisotopic (exact) mass is 683 g/mol. The second-order valence-corrected chi connectivity index (χ2v) is 13.7. The third kappa shape index (κ3) is 7.57. The van der Waals surface area contributed by atoms with E-state index in [9.17, 15) is 10.1 Å². The summed E-state index contributed by atoms with van der Waals surface area (Å²) < 4.78 is 12.1. The van der Waals surface area contributed by atoms with Gasteiger partial charge in [-0.25, -0.2) is 4.79 Å². The minimum absolute atomic E-state index is 0.188. The van der Waals surface area contributed by atoms with Crippen LogP contribution in [0.2, 0.25) is 0 Å². The molecule has 4 aromatic rings. The second kappa shape index (κ2) is 15.7. The first-order valence-corrected chi connectivity index (χ1v) is 18.0. The maximum atomic E-state index is 13.3. The maximum Gasteiger partial charge on any atom is 0.410 e. The van der Waals surface area contributed by atoms with E-state index in [4.69, 9.17) is 25.9 Å². The lowest BCUT2D eigenvalue weighted by Crippen LogP contribution is -2.55. The van der Waals surface area contributed by atoms with Gasteiger partial charge in [-0.2, -0.15) is 15.2 Å². The largest absolute Gasteiger partial charge is 0.462 e. The number of carbonyl (C=O) groups is 1. The van der Waals surface area contributed by atoms with Gasteiger partial charge in [0.05, 0.1) is 30.8 Å². The van der Waals surface area contributed by atoms with Crippen LogP contribution in [0.15, 0.2) is 66.7 Å². The highest BCUT2D eigenvalue weighted by Gasteiger charge is 2.35. The first-order valence-electron chi connectivity index (χ1n) is 18.0. The first kappa shape index (κ1) is 34.1. The van der Waals surface area contributed by atoms with Crippen LogP contribution in [0, 0.1) is 30.6 Å². The van der Waals surface area contributed by atoms with Crippen LogP contribution < -0.4 is 14.5 Å². The summed E-state index contributed by atoms with van der Waals surface area (Å²) in [5, 5.41) is 12.3. The second-order valence-electron chi connectivity index (χ2n) is 13.7. The fourth-order valence-corrected chi connectivity index (χ4v) is 7.82. The van der Waals surface area contributed by atoms with Crippen LogP contribution in [0.1, 0.15) is 48.1 Å². The smallest absolute Gasteiger partial charge is 0.410 e. The van der Waals surface area contributed by atoms with E-state index in [1.54, 1.807) is 4.90 Å². The average molecular weight is 684 g/mol. The number of piperazine rings is 1. The summed E-state index contributed by atoms with van der Waals surface area (Å²) in [6.45, 7) is 7.60. The number of benzene rings is 3. The summed E-state index contributed by atoms with van der Waals surface area (Å²) in [5.74, 6) is 3.60. The number of hydrogen-bond acceptors (Lipinski definition) is 9. The van der Waals surface area contributed by atoms with E-state index in [1.807, 2.05) is 30.3 Å². The van der Waals surface area contributed by atoms with Gasteiger partial charge in [-0.3, -0.25) is 4.90 Å². The SMILES string of the molecule is C#CCCN1CCC[C@H]1COc1nc2c(c(N3CCN(C(=O)OCc4ccccc4)[C@@H](CC#N)C3)n1)CCN(c1cccc3cccc(C)c13)C2. The highest BCUT2D eigenvalue weighted by atomic mass is 16.6. The number of nitrogens with zero attached hydrogens (tertiary/aromatic N) is 7. The van der Waals surface area contributed by atoms with Crippen molar-refractivity contribution in [2.75, 3.05) is 55.7 Å². The molecule has 10 heteroatoms. The molecule has 0 bridgehead atoms. The van der Waals surface area contributed by atoms with Crippen LogP contribution in [0.4, 0.5) is 16.3 Å². The van der Waals surface area contributed by atoms with Crippen LogP contribution in [-0.4, -0.2) is 83.8 Å². The minimum atomic E-state index is -0.403. The van der Waals surface area contributed by atoms with Crippen molar-refractivity contribution in [2.45, 2.75) is 64.3 Å². The number of aryl methyl sites for hydroxylation is 1. The lowest BCUT2D eigenvalue weighted by atomic mass is 9.99. The van der Waals surface area contributed by atoms with Crippen LogP contribution in [0.5, 0.6) is 6.01 Å². The summed E-state index contributed by atoms with van der Waals surface area (Å²) in [4.78, 5) is 32.1. The molecule has 10 nitrogen and oxygen atoms in total. The van der Waals surface area contributed by atoms with Crippen molar-refractivity contribution < 1.29 is 14.3 Å². The zero-order chi connectivity index (χ0) is 35.2. The lowest BCUT2D eigenvalue weighted by Gasteiger charge is -2.42. The molecule has 2 atom stereocenters. The Kier molecular flexibility index (Phi) is 10.5. The van der Waals surface area contributed by atoms with Crippen LogP contribution >= 0.6 is 0 Å². The highest BCUT2D eigenvalue weighted by molar-refractivity contribution is 5.97. The number of likely N-dealkylation sites (tertiary alicyclic amines) is 1. The topological polar surface area (TPSA) is 98.1 Å². The summed E-state index contributed by atoms with van der Waals surface area (Å²) in [6, 6.07) is 25.2. The maximum absolute atomic E-state index is 13.3. The van der Waals surface area contributed by atoms with Gasteiger partial charge >= 0.3 is 12.1 Å². The fraction of sp³-hybridized carbons (Fsp3) is 0.415. The summed E-state index contributed by atoms with van der Waals surface area (Å²) in [7, 11) is 0. The van der Waals surface area contributed by atoms with Crippen LogP contribution in [-0.2, 0) is 24.3 Å². The molecule has 0 radical (unpaired) electrons. The predicted octanol–water partition coefficient (Wildman–Crippen LogP) is 6.11. The molecule has 3 aromatic carbocycles. The molecule has 51 heavy (non-hydrogen) atoms. The Morgan fingerprint density at radius 3 is 2.65 bits per heavy atom. The fourth-order valence-electron chi connectivity index (χ4n) is 7.82. The van der Waals surface area contributed by atoms with Gasteiger partial charge < -0.3 is 24.2 Å². The highest BCUT2D eigenvalue weighted by Crippen LogP contribution is 2.36. The van der Waals surface area contributed by atoms with E-state index in [1.165, 1.54) is 22.0 Å². The Bertz CT molecular complexity index is 1930. The molecule has 0 spiro atoms. The predicted molar refractivity (Wildman–Crippen MR) is 199 cm³/mol. The zero-order valence-corrected chi connectivity index (χ0v) is 29.3. The molecule has 2 fully saturated rings. The number of fused-ring (bicyclic) bond motifs is 2. The van der Waals surface area contributed by atoms with E-state index in [0.29, 0.717) is 38.8 Å². The quantitative estimate of drug-likeness (QED) is 0.184. The number of carbonyl (C=O) groups excluding carboxylic acids is 1. The molecule has 4 heterocycles. The molecule has 2 saturated heterocycles. The van der Waals surface area contributed by atoms with E-state index in [-0.39, 0.29) is 25.1 Å². The van der Waals surface area contributed by atoms with Crippen molar-refractivity contribution >= 4 is 28.4 Å². The van der Waals surface area contributed by atoms with Gasteiger partial charge in [-0.1, -0.05) is 60.7 Å². The number of ether oxygens (including phenoxy) is 2. The number of rotatable bonds is 10. The molecule has 262 valence electrons. The molecular weight excluding hydrogens is 638 g/mol. The Hall–Kier alpha value is -5.32. The molecule has 0 unspecified atom stereocenters. The van der Waals surface area contributed by atoms with Gasteiger partial charge in [-0.05, 0) is 55.3 Å². The Labute approximate surface area is 300 Å². The van der Waals surface area contributed by atoms with Crippen LogP contribution in [0.25, 0.3) is 10.8 Å². The van der Waals surface area contributed by atoms with Gasteiger partial charge in [0.15, 0.2) is 0 Å². The molecular formula is C41H45N7O3. The number of anilines is 2. The first-order chi connectivity index (χ1) is 25.0. The van der Waals surface area contributed by atoms with E-state index >= 15 is 0 Å². The van der Waals surface area contributed by atoms with Crippen molar-refractivity contribution in [1.82, 2.24) is 19.8 Å². The van der Waals surface area contributed by atoms with E-state index in [0.717, 1.165) is 68.0 Å².